The summed E-state index contributed by atoms with van der Waals surface area (Å²) in [5.74, 6) is -0.376. The Labute approximate surface area is 212 Å². The SMILES string of the molecule is CCCC(=O)c1ccc(C(=O)OC[C@H](C)Cn2nc(CC)c3c2CC2(CCOCC2)CNC3=O)cc1. The van der Waals surface area contributed by atoms with E-state index < -0.39 is 5.97 Å². The Kier molecular flexibility index (Phi) is 8.24. The Hall–Kier alpha value is -3.00. The lowest BCUT2D eigenvalue weighted by Crippen LogP contribution is -2.41. The molecule has 1 spiro atoms. The number of hydrogen-bond donors (Lipinski definition) is 1. The summed E-state index contributed by atoms with van der Waals surface area (Å²) < 4.78 is 13.1. The number of nitrogens with one attached hydrogen (secondary N) is 1. The van der Waals surface area contributed by atoms with Crippen LogP contribution in [-0.4, -0.2) is 53.8 Å². The van der Waals surface area contributed by atoms with Gasteiger partial charge in [-0.25, -0.2) is 4.79 Å². The molecule has 2 aliphatic heterocycles. The molecular formula is C28H37N3O5. The number of rotatable bonds is 9. The van der Waals surface area contributed by atoms with Crippen molar-refractivity contribution < 1.29 is 23.9 Å². The van der Waals surface area contributed by atoms with Crippen molar-refractivity contribution in [2.24, 2.45) is 11.3 Å². The predicted molar refractivity (Wildman–Crippen MR) is 135 cm³/mol. The van der Waals surface area contributed by atoms with Crippen LogP contribution in [0.3, 0.4) is 0 Å². The van der Waals surface area contributed by atoms with E-state index in [0.717, 1.165) is 37.1 Å². The topological polar surface area (TPSA) is 99.5 Å². The third-order valence-corrected chi connectivity index (χ3v) is 7.32. The number of nitrogens with zero attached hydrogens (tertiary/aromatic N) is 2. The second kappa shape index (κ2) is 11.4. The summed E-state index contributed by atoms with van der Waals surface area (Å²) in [6.07, 6.45) is 4.57. The summed E-state index contributed by atoms with van der Waals surface area (Å²) in [6, 6.07) is 6.65. The van der Waals surface area contributed by atoms with Crippen LogP contribution in [0.2, 0.25) is 0 Å². The number of hydrogen-bond acceptors (Lipinski definition) is 6. The molecule has 1 amide bonds. The minimum atomic E-state index is -0.412. The van der Waals surface area contributed by atoms with Gasteiger partial charge in [-0.15, -0.1) is 0 Å². The van der Waals surface area contributed by atoms with Gasteiger partial charge < -0.3 is 14.8 Å². The molecule has 1 aromatic carbocycles. The van der Waals surface area contributed by atoms with Gasteiger partial charge in [0.25, 0.3) is 5.91 Å². The number of Topliss-reactive ketones (excluding diaryl/α,β-unsaturated/α-hetero) is 1. The maximum atomic E-state index is 13.0. The van der Waals surface area contributed by atoms with E-state index in [1.165, 1.54) is 0 Å². The molecule has 1 fully saturated rings. The summed E-state index contributed by atoms with van der Waals surface area (Å²) in [4.78, 5) is 37.6. The van der Waals surface area contributed by atoms with Crippen molar-refractivity contribution in [3.63, 3.8) is 0 Å². The molecule has 1 saturated heterocycles. The van der Waals surface area contributed by atoms with E-state index >= 15 is 0 Å². The maximum Gasteiger partial charge on any atom is 0.338 e. The number of ether oxygens (including phenoxy) is 2. The number of carbonyl (C=O) groups excluding carboxylic acids is 3. The van der Waals surface area contributed by atoms with Crippen LogP contribution in [0, 0.1) is 11.3 Å². The van der Waals surface area contributed by atoms with E-state index in [0.29, 0.717) is 55.8 Å². The number of esters is 1. The fraction of sp³-hybridized carbons (Fsp3) is 0.571. The smallest absolute Gasteiger partial charge is 0.338 e. The Morgan fingerprint density at radius 2 is 1.86 bits per heavy atom. The van der Waals surface area contributed by atoms with Gasteiger partial charge in [-0.3, -0.25) is 14.3 Å². The molecule has 2 aromatic rings. The van der Waals surface area contributed by atoms with Crippen molar-refractivity contribution in [1.82, 2.24) is 15.1 Å². The summed E-state index contributed by atoms with van der Waals surface area (Å²) in [6.45, 7) is 8.86. The van der Waals surface area contributed by atoms with Gasteiger partial charge in [0.2, 0.25) is 0 Å². The fourth-order valence-corrected chi connectivity index (χ4v) is 5.14. The van der Waals surface area contributed by atoms with Crippen molar-refractivity contribution in [3.8, 4) is 0 Å². The van der Waals surface area contributed by atoms with E-state index in [1.807, 2.05) is 25.5 Å². The van der Waals surface area contributed by atoms with Crippen LogP contribution >= 0.6 is 0 Å². The zero-order chi connectivity index (χ0) is 25.7. The van der Waals surface area contributed by atoms with Crippen molar-refractivity contribution in [2.75, 3.05) is 26.4 Å². The van der Waals surface area contributed by atoms with Crippen molar-refractivity contribution in [3.05, 3.63) is 52.3 Å². The molecule has 0 bridgehead atoms. The molecular weight excluding hydrogens is 458 g/mol. The number of amides is 1. The van der Waals surface area contributed by atoms with Crippen LogP contribution in [0.25, 0.3) is 0 Å². The van der Waals surface area contributed by atoms with Crippen LogP contribution in [0.1, 0.15) is 88.9 Å². The lowest BCUT2D eigenvalue weighted by atomic mass is 9.76. The highest BCUT2D eigenvalue weighted by atomic mass is 16.5. The van der Waals surface area contributed by atoms with Crippen LogP contribution in [0.4, 0.5) is 0 Å². The molecule has 0 unspecified atom stereocenters. The lowest BCUT2D eigenvalue weighted by Gasteiger charge is -2.36. The molecule has 2 aliphatic rings. The van der Waals surface area contributed by atoms with Gasteiger partial charge >= 0.3 is 5.97 Å². The standard InChI is InChI=1S/C28H37N3O5/c1-4-6-24(32)20-7-9-21(10-8-20)27(34)36-17-19(3)16-31-23-15-28(11-13-35-14-12-28)18-29-26(33)25(23)22(5-2)30-31/h7-10,19H,4-6,11-18H2,1-3H3,(H,29,33)/t19-/m1/s1. The summed E-state index contributed by atoms with van der Waals surface area (Å²) in [5, 5.41) is 7.94. The van der Waals surface area contributed by atoms with Gasteiger partial charge in [0, 0.05) is 44.2 Å². The summed E-state index contributed by atoms with van der Waals surface area (Å²) >= 11 is 0. The lowest BCUT2D eigenvalue weighted by molar-refractivity contribution is 0.0151. The monoisotopic (exact) mass is 495 g/mol. The second-order valence-corrected chi connectivity index (χ2v) is 10.2. The molecule has 36 heavy (non-hydrogen) atoms. The molecule has 1 aromatic heterocycles. The first kappa shape index (κ1) is 26.1. The van der Waals surface area contributed by atoms with Crippen molar-refractivity contribution in [2.45, 2.75) is 65.8 Å². The fourth-order valence-electron chi connectivity index (χ4n) is 5.14. The van der Waals surface area contributed by atoms with Crippen LogP contribution in [0.5, 0.6) is 0 Å². The average molecular weight is 496 g/mol. The Morgan fingerprint density at radius 3 is 2.53 bits per heavy atom. The van der Waals surface area contributed by atoms with Crippen LogP contribution in [-0.2, 0) is 28.9 Å². The minimum Gasteiger partial charge on any atom is -0.462 e. The number of carbonyl (C=O) groups is 3. The van der Waals surface area contributed by atoms with Gasteiger partial charge in [-0.1, -0.05) is 32.9 Å². The number of aromatic nitrogens is 2. The Morgan fingerprint density at radius 1 is 1.17 bits per heavy atom. The van der Waals surface area contributed by atoms with Gasteiger partial charge in [0.05, 0.1) is 29.1 Å². The molecule has 4 rings (SSSR count). The molecule has 0 saturated carbocycles. The summed E-state index contributed by atoms with van der Waals surface area (Å²) in [7, 11) is 0. The Bertz CT molecular complexity index is 1100. The zero-order valence-electron chi connectivity index (χ0n) is 21.6. The number of aryl methyl sites for hydroxylation is 1. The first-order valence-corrected chi connectivity index (χ1v) is 13.1. The quantitative estimate of drug-likeness (QED) is 0.417. The molecule has 8 nitrogen and oxygen atoms in total. The van der Waals surface area contributed by atoms with Crippen LogP contribution in [0.15, 0.2) is 24.3 Å². The normalized spacial score (nSPS) is 17.7. The molecule has 1 N–H and O–H groups in total. The molecule has 3 heterocycles. The maximum absolute atomic E-state index is 13.0. The largest absolute Gasteiger partial charge is 0.462 e. The highest BCUT2D eigenvalue weighted by molar-refractivity contribution is 5.98. The van der Waals surface area contributed by atoms with E-state index in [9.17, 15) is 14.4 Å². The van der Waals surface area contributed by atoms with Crippen LogP contribution < -0.4 is 5.32 Å². The third kappa shape index (κ3) is 5.69. The number of ketones is 1. The summed E-state index contributed by atoms with van der Waals surface area (Å²) in [5.41, 5.74) is 3.53. The second-order valence-electron chi connectivity index (χ2n) is 10.2. The third-order valence-electron chi connectivity index (χ3n) is 7.32. The van der Waals surface area contributed by atoms with E-state index in [4.69, 9.17) is 14.6 Å². The molecule has 0 aliphatic carbocycles. The minimum absolute atomic E-state index is 0.00464. The van der Waals surface area contributed by atoms with Crippen molar-refractivity contribution >= 4 is 17.7 Å². The predicted octanol–water partition coefficient (Wildman–Crippen LogP) is 4.00. The number of fused-ring (bicyclic) bond motifs is 1. The van der Waals surface area contributed by atoms with Crippen molar-refractivity contribution in [1.29, 1.82) is 0 Å². The molecule has 0 radical (unpaired) electrons. The first-order valence-electron chi connectivity index (χ1n) is 13.1. The van der Waals surface area contributed by atoms with Gasteiger partial charge in [-0.05, 0) is 49.7 Å². The van der Waals surface area contributed by atoms with Gasteiger partial charge in [0.15, 0.2) is 5.78 Å². The Balaban J connectivity index is 1.43. The average Bonchev–Trinajstić information content (AvgIpc) is 3.15. The highest BCUT2D eigenvalue weighted by Gasteiger charge is 2.39. The molecule has 194 valence electrons. The van der Waals surface area contributed by atoms with Gasteiger partial charge in [0.1, 0.15) is 0 Å². The molecule has 8 heteroatoms. The first-order chi connectivity index (χ1) is 17.4. The molecule has 1 atom stereocenters. The van der Waals surface area contributed by atoms with E-state index in [1.54, 1.807) is 24.3 Å². The highest BCUT2D eigenvalue weighted by Crippen LogP contribution is 2.37. The van der Waals surface area contributed by atoms with Gasteiger partial charge in [-0.2, -0.15) is 5.10 Å². The van der Waals surface area contributed by atoms with E-state index in [2.05, 4.69) is 5.32 Å². The zero-order valence-corrected chi connectivity index (χ0v) is 21.6. The number of benzene rings is 1. The van der Waals surface area contributed by atoms with E-state index in [-0.39, 0.29) is 29.6 Å².